The van der Waals surface area contributed by atoms with E-state index in [1.165, 1.54) is 6.07 Å². The molecule has 1 aromatic heterocycles. The van der Waals surface area contributed by atoms with Crippen molar-refractivity contribution in [3.63, 3.8) is 0 Å². The predicted octanol–water partition coefficient (Wildman–Crippen LogP) is 3.94. The molecule has 2 aromatic rings. The first kappa shape index (κ1) is 11.5. The quantitative estimate of drug-likeness (QED) is 0.789. The molecule has 0 aliphatic carbocycles. The van der Waals surface area contributed by atoms with Crippen molar-refractivity contribution in [1.29, 1.82) is 0 Å². The Morgan fingerprint density at radius 3 is 2.81 bits per heavy atom. The van der Waals surface area contributed by atoms with Crippen molar-refractivity contribution in [2.45, 2.75) is 12.3 Å². The molecule has 0 aliphatic heterocycles. The molecule has 0 fully saturated rings. The third-order valence-corrected chi connectivity index (χ3v) is 2.96. The molecule has 2 rings (SSSR count). The molecule has 0 bridgehead atoms. The van der Waals surface area contributed by atoms with Gasteiger partial charge in [-0.05, 0) is 35.0 Å². The Hall–Kier alpha value is -0.940. The zero-order valence-electron chi connectivity index (χ0n) is 8.25. The van der Waals surface area contributed by atoms with Crippen LogP contribution in [-0.4, -0.2) is 10.2 Å². The molecule has 6 heteroatoms. The van der Waals surface area contributed by atoms with Crippen LogP contribution in [0.25, 0.3) is 11.5 Å². The van der Waals surface area contributed by atoms with Crippen LogP contribution in [0.5, 0.6) is 0 Å². The third-order valence-electron chi connectivity index (χ3n) is 1.96. The first-order chi connectivity index (χ1) is 7.59. The number of alkyl halides is 1. The Bertz CT molecular complexity index is 515. The minimum atomic E-state index is -0.379. The van der Waals surface area contributed by atoms with E-state index in [2.05, 4.69) is 26.1 Å². The van der Waals surface area contributed by atoms with Crippen LogP contribution in [0.15, 0.2) is 27.1 Å². The van der Waals surface area contributed by atoms with E-state index in [9.17, 15) is 4.39 Å². The summed E-state index contributed by atoms with van der Waals surface area (Å²) in [5, 5.41) is 7.22. The number of hydrogen-bond donors (Lipinski definition) is 0. The molecule has 0 radical (unpaired) electrons. The van der Waals surface area contributed by atoms with E-state index in [1.807, 2.05) is 0 Å². The fourth-order valence-corrected chi connectivity index (χ4v) is 1.70. The van der Waals surface area contributed by atoms with E-state index in [4.69, 9.17) is 16.0 Å². The number of nitrogens with zero attached hydrogens (tertiary/aromatic N) is 2. The summed E-state index contributed by atoms with van der Waals surface area (Å²) in [6, 6.07) is 4.60. The molecule has 0 aliphatic rings. The molecule has 1 unspecified atom stereocenters. The highest BCUT2D eigenvalue weighted by Gasteiger charge is 2.16. The molecule has 1 heterocycles. The van der Waals surface area contributed by atoms with Crippen molar-refractivity contribution in [1.82, 2.24) is 10.2 Å². The van der Waals surface area contributed by atoms with Gasteiger partial charge in [-0.1, -0.05) is 6.07 Å². The van der Waals surface area contributed by atoms with E-state index in [-0.39, 0.29) is 17.1 Å². The zero-order chi connectivity index (χ0) is 11.7. The molecule has 0 saturated carbocycles. The monoisotopic (exact) mass is 304 g/mol. The molecule has 1 atom stereocenters. The summed E-state index contributed by atoms with van der Waals surface area (Å²) >= 11 is 8.92. The summed E-state index contributed by atoms with van der Waals surface area (Å²) in [4.78, 5) is 0. The second-order valence-corrected chi connectivity index (χ2v) is 4.61. The summed E-state index contributed by atoms with van der Waals surface area (Å²) in [6.07, 6.45) is 0. The molecular formula is C10H7BrClFN2O. The number of rotatable bonds is 2. The van der Waals surface area contributed by atoms with Crippen LogP contribution in [0, 0.1) is 5.82 Å². The van der Waals surface area contributed by atoms with Gasteiger partial charge in [0.1, 0.15) is 11.2 Å². The van der Waals surface area contributed by atoms with Crippen molar-refractivity contribution >= 4 is 27.5 Å². The van der Waals surface area contributed by atoms with Crippen LogP contribution in [0.4, 0.5) is 4.39 Å². The van der Waals surface area contributed by atoms with Crippen LogP contribution < -0.4 is 0 Å². The Morgan fingerprint density at radius 1 is 1.44 bits per heavy atom. The molecule has 0 saturated heterocycles. The van der Waals surface area contributed by atoms with E-state index in [0.29, 0.717) is 15.9 Å². The van der Waals surface area contributed by atoms with Crippen molar-refractivity contribution in [2.75, 3.05) is 0 Å². The first-order valence-electron chi connectivity index (χ1n) is 4.51. The minimum Gasteiger partial charge on any atom is -0.419 e. The van der Waals surface area contributed by atoms with Crippen LogP contribution in [0.1, 0.15) is 18.2 Å². The second-order valence-electron chi connectivity index (χ2n) is 3.16. The highest BCUT2D eigenvalue weighted by Crippen LogP contribution is 2.30. The van der Waals surface area contributed by atoms with Gasteiger partial charge in [0.05, 0.1) is 10.0 Å². The lowest BCUT2D eigenvalue weighted by Crippen LogP contribution is -1.83. The topological polar surface area (TPSA) is 38.9 Å². The highest BCUT2D eigenvalue weighted by molar-refractivity contribution is 9.10. The van der Waals surface area contributed by atoms with E-state index >= 15 is 0 Å². The Labute approximate surface area is 105 Å². The van der Waals surface area contributed by atoms with Crippen LogP contribution in [-0.2, 0) is 0 Å². The maximum atomic E-state index is 13.3. The van der Waals surface area contributed by atoms with Gasteiger partial charge in [-0.3, -0.25) is 0 Å². The molecule has 84 valence electrons. The molecule has 3 nitrogen and oxygen atoms in total. The largest absolute Gasteiger partial charge is 0.419 e. The van der Waals surface area contributed by atoms with Crippen molar-refractivity contribution in [3.8, 4) is 11.5 Å². The predicted molar refractivity (Wildman–Crippen MR) is 61.7 cm³/mol. The Balaban J connectivity index is 2.47. The van der Waals surface area contributed by atoms with E-state index < -0.39 is 0 Å². The smallest absolute Gasteiger partial charge is 0.249 e. The van der Waals surface area contributed by atoms with Gasteiger partial charge in [0.25, 0.3) is 0 Å². The summed E-state index contributed by atoms with van der Waals surface area (Å²) in [7, 11) is 0. The Morgan fingerprint density at radius 2 is 2.19 bits per heavy atom. The number of aromatic nitrogens is 2. The van der Waals surface area contributed by atoms with Gasteiger partial charge in [0, 0.05) is 0 Å². The normalized spacial score (nSPS) is 12.8. The molecule has 16 heavy (non-hydrogen) atoms. The van der Waals surface area contributed by atoms with E-state index in [1.54, 1.807) is 19.1 Å². The average Bonchev–Trinajstić information content (AvgIpc) is 2.71. The molecule has 0 spiro atoms. The number of hydrogen-bond acceptors (Lipinski definition) is 3. The SMILES string of the molecule is CC(Cl)c1nnc(-c2cccc(F)c2Br)o1. The summed E-state index contributed by atoms with van der Waals surface area (Å²) in [5.74, 6) is 0.179. The number of benzene rings is 1. The van der Waals surface area contributed by atoms with Crippen LogP contribution in [0.2, 0.25) is 0 Å². The number of halogens is 3. The van der Waals surface area contributed by atoms with Gasteiger partial charge in [0.2, 0.25) is 11.8 Å². The maximum absolute atomic E-state index is 13.3. The van der Waals surface area contributed by atoms with Gasteiger partial charge in [-0.15, -0.1) is 21.8 Å². The van der Waals surface area contributed by atoms with Crippen molar-refractivity contribution in [2.24, 2.45) is 0 Å². The molecule has 0 amide bonds. The maximum Gasteiger partial charge on any atom is 0.249 e. The fraction of sp³-hybridized carbons (Fsp3) is 0.200. The van der Waals surface area contributed by atoms with Crippen molar-refractivity contribution < 1.29 is 8.81 Å². The van der Waals surface area contributed by atoms with Gasteiger partial charge in [0.15, 0.2) is 0 Å². The third kappa shape index (κ3) is 2.10. The summed E-state index contributed by atoms with van der Waals surface area (Å²) in [6.45, 7) is 1.72. The van der Waals surface area contributed by atoms with Gasteiger partial charge in [-0.25, -0.2) is 4.39 Å². The van der Waals surface area contributed by atoms with Gasteiger partial charge < -0.3 is 4.42 Å². The van der Waals surface area contributed by atoms with Gasteiger partial charge >= 0.3 is 0 Å². The van der Waals surface area contributed by atoms with Crippen molar-refractivity contribution in [3.05, 3.63) is 34.4 Å². The highest BCUT2D eigenvalue weighted by atomic mass is 79.9. The van der Waals surface area contributed by atoms with Gasteiger partial charge in [-0.2, -0.15) is 0 Å². The molecule has 0 N–H and O–H groups in total. The zero-order valence-corrected chi connectivity index (χ0v) is 10.6. The molecular weight excluding hydrogens is 298 g/mol. The minimum absolute atomic E-state index is 0.244. The lowest BCUT2D eigenvalue weighted by molar-refractivity contribution is 0.506. The second kappa shape index (κ2) is 4.51. The Kier molecular flexibility index (Phi) is 3.25. The summed E-state index contributed by atoms with van der Waals surface area (Å²) < 4.78 is 18.9. The summed E-state index contributed by atoms with van der Waals surface area (Å²) in [5.41, 5.74) is 0.510. The first-order valence-corrected chi connectivity index (χ1v) is 5.74. The fourth-order valence-electron chi connectivity index (χ4n) is 1.17. The van der Waals surface area contributed by atoms with Crippen LogP contribution >= 0.6 is 27.5 Å². The average molecular weight is 306 g/mol. The molecule has 1 aromatic carbocycles. The standard InChI is InChI=1S/C10H7BrClFN2O/c1-5(12)9-14-15-10(16-9)6-3-2-4-7(13)8(6)11/h2-5H,1H3. The van der Waals surface area contributed by atoms with E-state index in [0.717, 1.165) is 0 Å². The van der Waals surface area contributed by atoms with Crippen LogP contribution in [0.3, 0.4) is 0 Å². The lowest BCUT2D eigenvalue weighted by Gasteiger charge is -1.99. The lowest BCUT2D eigenvalue weighted by atomic mass is 10.2.